The van der Waals surface area contributed by atoms with Crippen molar-refractivity contribution in [1.82, 2.24) is 0 Å². The Balaban J connectivity index is 2.23. The molecule has 1 nitrogen and oxygen atoms in total. The first kappa shape index (κ1) is 8.01. The van der Waals surface area contributed by atoms with Crippen molar-refractivity contribution in [2.45, 2.75) is 18.9 Å². The molecule has 2 aliphatic rings. The van der Waals surface area contributed by atoms with Gasteiger partial charge in [0.05, 0.1) is 6.04 Å². The van der Waals surface area contributed by atoms with Gasteiger partial charge in [-0.15, -0.1) is 0 Å². The van der Waals surface area contributed by atoms with Crippen molar-refractivity contribution < 1.29 is 0 Å². The summed E-state index contributed by atoms with van der Waals surface area (Å²) in [5.74, 6) is 0. The fraction of sp³-hybridized carbons (Fsp3) is 0.231. The lowest BCUT2D eigenvalue weighted by atomic mass is 9.96. The van der Waals surface area contributed by atoms with Crippen LogP contribution in [-0.4, -0.2) is 0 Å². The molecule has 2 N–H and O–H groups in total. The van der Waals surface area contributed by atoms with Crippen LogP contribution in [0.15, 0.2) is 42.0 Å². The number of hydrogen-bond acceptors (Lipinski definition) is 1. The first-order valence-electron chi connectivity index (χ1n) is 5.12. The van der Waals surface area contributed by atoms with Crippen molar-refractivity contribution in [2.24, 2.45) is 5.73 Å². The Morgan fingerprint density at radius 2 is 2.07 bits per heavy atom. The van der Waals surface area contributed by atoms with Gasteiger partial charge >= 0.3 is 0 Å². The van der Waals surface area contributed by atoms with Gasteiger partial charge in [0.1, 0.15) is 0 Å². The molecular weight excluding hydrogens is 170 g/mol. The summed E-state index contributed by atoms with van der Waals surface area (Å²) in [5, 5.41) is 0. The van der Waals surface area contributed by atoms with Crippen LogP contribution in [0.5, 0.6) is 0 Å². The summed E-state index contributed by atoms with van der Waals surface area (Å²) in [4.78, 5) is 0. The molecule has 0 amide bonds. The highest BCUT2D eigenvalue weighted by molar-refractivity contribution is 5.84. The summed E-state index contributed by atoms with van der Waals surface area (Å²) >= 11 is 0. The summed E-state index contributed by atoms with van der Waals surface area (Å²) in [5.41, 5.74) is 11.6. The lowest BCUT2D eigenvalue weighted by Crippen LogP contribution is -2.10. The van der Waals surface area contributed by atoms with E-state index in [0.717, 1.165) is 12.8 Å². The maximum atomic E-state index is 6.21. The second-order valence-electron chi connectivity index (χ2n) is 3.94. The van der Waals surface area contributed by atoms with Gasteiger partial charge in [-0.2, -0.15) is 0 Å². The van der Waals surface area contributed by atoms with Crippen molar-refractivity contribution in [3.05, 3.63) is 53.1 Å². The summed E-state index contributed by atoms with van der Waals surface area (Å²) in [6.07, 6.45) is 6.74. The van der Waals surface area contributed by atoms with Gasteiger partial charge in [0.2, 0.25) is 0 Å². The average molecular weight is 183 g/mol. The molecule has 1 atom stereocenters. The maximum Gasteiger partial charge on any atom is 0.0526 e. The van der Waals surface area contributed by atoms with Crippen molar-refractivity contribution >= 4 is 5.57 Å². The first-order chi connectivity index (χ1) is 6.88. The van der Waals surface area contributed by atoms with Gasteiger partial charge in [0, 0.05) is 0 Å². The largest absolute Gasteiger partial charge is 0.320 e. The van der Waals surface area contributed by atoms with E-state index in [0.29, 0.717) is 0 Å². The average Bonchev–Trinajstić information content (AvgIpc) is 2.55. The Kier molecular flexibility index (Phi) is 1.62. The van der Waals surface area contributed by atoms with Gasteiger partial charge in [-0.05, 0) is 35.1 Å². The van der Waals surface area contributed by atoms with Crippen LogP contribution >= 0.6 is 0 Å². The molecule has 1 aromatic rings. The molecule has 0 radical (unpaired) electrons. The predicted molar refractivity (Wildman–Crippen MR) is 58.7 cm³/mol. The lowest BCUT2D eigenvalue weighted by molar-refractivity contribution is 0.793. The molecule has 0 aliphatic heterocycles. The molecule has 2 aliphatic carbocycles. The SMILES string of the molecule is NC1C2=C(C=CCC2)c2ccccc21. The summed E-state index contributed by atoms with van der Waals surface area (Å²) < 4.78 is 0. The molecular formula is C13H13N. The zero-order valence-electron chi connectivity index (χ0n) is 8.03. The third-order valence-corrected chi connectivity index (χ3v) is 3.17. The normalized spacial score (nSPS) is 23.6. The highest BCUT2D eigenvalue weighted by Gasteiger charge is 2.27. The van der Waals surface area contributed by atoms with Gasteiger partial charge in [0.25, 0.3) is 0 Å². The van der Waals surface area contributed by atoms with E-state index in [9.17, 15) is 0 Å². The smallest absolute Gasteiger partial charge is 0.0526 e. The maximum absolute atomic E-state index is 6.21. The van der Waals surface area contributed by atoms with Crippen LogP contribution in [0.1, 0.15) is 30.0 Å². The van der Waals surface area contributed by atoms with Gasteiger partial charge in [0.15, 0.2) is 0 Å². The van der Waals surface area contributed by atoms with Gasteiger partial charge in [-0.3, -0.25) is 0 Å². The molecule has 0 spiro atoms. The van der Waals surface area contributed by atoms with E-state index < -0.39 is 0 Å². The minimum Gasteiger partial charge on any atom is -0.320 e. The Morgan fingerprint density at radius 1 is 1.21 bits per heavy atom. The van der Waals surface area contributed by atoms with Crippen LogP contribution in [0.4, 0.5) is 0 Å². The van der Waals surface area contributed by atoms with Gasteiger partial charge in [-0.1, -0.05) is 36.4 Å². The third kappa shape index (κ3) is 0.933. The number of rotatable bonds is 0. The second kappa shape index (κ2) is 2.82. The minimum absolute atomic E-state index is 0.145. The standard InChI is InChI=1S/C13H13N/c14-13-11-7-3-1-5-9(11)10-6-2-4-8-12(10)13/h1-3,5-7,13H,4,8,14H2. The van der Waals surface area contributed by atoms with E-state index in [1.807, 2.05) is 0 Å². The van der Waals surface area contributed by atoms with E-state index in [-0.39, 0.29) is 6.04 Å². The Bertz CT molecular complexity index is 440. The Labute approximate surface area is 83.9 Å². The monoisotopic (exact) mass is 183 g/mol. The van der Waals surface area contributed by atoms with E-state index >= 15 is 0 Å². The van der Waals surface area contributed by atoms with Crippen molar-refractivity contribution in [1.29, 1.82) is 0 Å². The number of benzene rings is 1. The minimum atomic E-state index is 0.145. The van der Waals surface area contributed by atoms with E-state index in [1.54, 1.807) is 0 Å². The molecule has 0 fully saturated rings. The molecule has 3 rings (SSSR count). The van der Waals surface area contributed by atoms with Crippen LogP contribution in [0.2, 0.25) is 0 Å². The third-order valence-electron chi connectivity index (χ3n) is 3.17. The Hall–Kier alpha value is -1.34. The predicted octanol–water partition coefficient (Wildman–Crippen LogP) is 2.80. The van der Waals surface area contributed by atoms with Crippen molar-refractivity contribution in [3.63, 3.8) is 0 Å². The zero-order chi connectivity index (χ0) is 9.54. The lowest BCUT2D eigenvalue weighted by Gasteiger charge is -2.12. The van der Waals surface area contributed by atoms with Gasteiger partial charge < -0.3 is 5.73 Å². The molecule has 14 heavy (non-hydrogen) atoms. The van der Waals surface area contributed by atoms with Crippen molar-refractivity contribution in [2.75, 3.05) is 0 Å². The molecule has 70 valence electrons. The Morgan fingerprint density at radius 3 is 3.00 bits per heavy atom. The summed E-state index contributed by atoms with van der Waals surface area (Å²) in [6, 6.07) is 8.62. The van der Waals surface area contributed by atoms with Crippen LogP contribution in [0, 0.1) is 0 Å². The summed E-state index contributed by atoms with van der Waals surface area (Å²) in [6.45, 7) is 0. The zero-order valence-corrected chi connectivity index (χ0v) is 8.03. The molecule has 0 heterocycles. The highest BCUT2D eigenvalue weighted by atomic mass is 14.7. The second-order valence-corrected chi connectivity index (χ2v) is 3.94. The number of allylic oxidation sites excluding steroid dienone is 3. The molecule has 0 aromatic heterocycles. The number of hydrogen-bond donors (Lipinski definition) is 1. The fourth-order valence-corrected chi connectivity index (χ4v) is 2.47. The molecule has 1 unspecified atom stereocenters. The molecule has 0 saturated carbocycles. The molecule has 0 saturated heterocycles. The van der Waals surface area contributed by atoms with Crippen molar-refractivity contribution in [3.8, 4) is 0 Å². The van der Waals surface area contributed by atoms with Gasteiger partial charge in [-0.25, -0.2) is 0 Å². The first-order valence-corrected chi connectivity index (χ1v) is 5.12. The van der Waals surface area contributed by atoms with E-state index in [1.165, 1.54) is 22.3 Å². The van der Waals surface area contributed by atoms with Crippen LogP contribution < -0.4 is 5.73 Å². The number of nitrogens with two attached hydrogens (primary N) is 1. The topological polar surface area (TPSA) is 26.0 Å². The van der Waals surface area contributed by atoms with Crippen LogP contribution in [0.3, 0.4) is 0 Å². The van der Waals surface area contributed by atoms with E-state index in [2.05, 4.69) is 36.4 Å². The summed E-state index contributed by atoms with van der Waals surface area (Å²) in [7, 11) is 0. The van der Waals surface area contributed by atoms with Crippen LogP contribution in [-0.2, 0) is 0 Å². The van der Waals surface area contributed by atoms with E-state index in [4.69, 9.17) is 5.73 Å². The number of fused-ring (bicyclic) bond motifs is 2. The molecule has 0 bridgehead atoms. The highest BCUT2D eigenvalue weighted by Crippen LogP contribution is 2.43. The van der Waals surface area contributed by atoms with Crippen LogP contribution in [0.25, 0.3) is 5.57 Å². The fourth-order valence-electron chi connectivity index (χ4n) is 2.47. The molecule has 1 aromatic carbocycles. The molecule has 1 heteroatoms. The quantitative estimate of drug-likeness (QED) is 0.657.